The van der Waals surface area contributed by atoms with Crippen LogP contribution >= 0.6 is 0 Å². The van der Waals surface area contributed by atoms with Crippen LogP contribution in [0.4, 0.5) is 0 Å². The molecule has 1 N–H and O–H groups in total. The lowest BCUT2D eigenvalue weighted by atomic mass is 10.4. The molecule has 0 unspecified atom stereocenters. The van der Waals surface area contributed by atoms with Crippen LogP contribution in [0.5, 0.6) is 5.88 Å². The molecule has 0 amide bonds. The van der Waals surface area contributed by atoms with Crippen molar-refractivity contribution in [3.63, 3.8) is 0 Å². The summed E-state index contributed by atoms with van der Waals surface area (Å²) in [7, 11) is 0. The van der Waals surface area contributed by atoms with Gasteiger partial charge in [0.1, 0.15) is 0 Å². The number of rotatable bonds is 1. The first kappa shape index (κ1) is 8.11. The fraction of sp³-hybridized carbons (Fsp3) is 0. The van der Waals surface area contributed by atoms with Crippen LogP contribution in [0.15, 0.2) is 47.2 Å². The Labute approximate surface area is 85.4 Å². The van der Waals surface area contributed by atoms with E-state index in [0.29, 0.717) is 11.6 Å². The first-order chi connectivity index (χ1) is 7.36. The van der Waals surface area contributed by atoms with Gasteiger partial charge in [0.2, 0.25) is 0 Å². The second-order valence-corrected chi connectivity index (χ2v) is 3.20. The molecule has 0 aromatic carbocycles. The molecule has 0 saturated carbocycles. The van der Waals surface area contributed by atoms with Gasteiger partial charge in [-0.1, -0.05) is 6.07 Å². The molecule has 0 aliphatic heterocycles. The predicted octanol–water partition coefficient (Wildman–Crippen LogP) is 2.30. The van der Waals surface area contributed by atoms with Gasteiger partial charge in [-0.3, -0.25) is 4.40 Å². The maximum Gasteiger partial charge on any atom is 0.197 e. The minimum atomic E-state index is 0.149. The van der Waals surface area contributed by atoms with Crippen molar-refractivity contribution in [2.24, 2.45) is 0 Å². The smallest absolute Gasteiger partial charge is 0.197 e. The number of fused-ring (bicyclic) bond motifs is 1. The average Bonchev–Trinajstić information content (AvgIpc) is 2.85. The molecule has 0 saturated heterocycles. The molecule has 4 nitrogen and oxygen atoms in total. The summed E-state index contributed by atoms with van der Waals surface area (Å²) in [6.07, 6.45) is 3.27. The molecular formula is C11H8N2O2. The molecule has 3 aromatic heterocycles. The van der Waals surface area contributed by atoms with Gasteiger partial charge in [-0.05, 0) is 24.3 Å². The van der Waals surface area contributed by atoms with E-state index in [-0.39, 0.29) is 5.88 Å². The molecule has 0 aliphatic rings. The summed E-state index contributed by atoms with van der Waals surface area (Å²) in [5.74, 6) is 1.39. The molecule has 3 rings (SSSR count). The molecule has 4 heteroatoms. The molecule has 3 heterocycles. The van der Waals surface area contributed by atoms with Crippen LogP contribution in [-0.2, 0) is 0 Å². The van der Waals surface area contributed by atoms with Gasteiger partial charge in [0.05, 0.1) is 18.0 Å². The van der Waals surface area contributed by atoms with Crippen molar-refractivity contribution in [3.05, 3.63) is 42.8 Å². The zero-order valence-corrected chi connectivity index (χ0v) is 7.79. The number of aromatic hydroxyl groups is 1. The number of imidazole rings is 1. The third kappa shape index (κ3) is 1.11. The predicted molar refractivity (Wildman–Crippen MR) is 54.6 cm³/mol. The molecule has 0 bridgehead atoms. The third-order valence-electron chi connectivity index (χ3n) is 2.27. The third-order valence-corrected chi connectivity index (χ3v) is 2.27. The van der Waals surface area contributed by atoms with E-state index in [2.05, 4.69) is 4.98 Å². The molecule has 0 fully saturated rings. The number of nitrogens with zero attached hydrogens (tertiary/aromatic N) is 2. The topological polar surface area (TPSA) is 50.7 Å². The van der Waals surface area contributed by atoms with Gasteiger partial charge in [0.15, 0.2) is 17.5 Å². The van der Waals surface area contributed by atoms with Gasteiger partial charge >= 0.3 is 0 Å². The van der Waals surface area contributed by atoms with E-state index < -0.39 is 0 Å². The van der Waals surface area contributed by atoms with Crippen molar-refractivity contribution >= 4 is 5.52 Å². The average molecular weight is 200 g/mol. The lowest BCUT2D eigenvalue weighted by molar-refractivity contribution is 0.445. The van der Waals surface area contributed by atoms with Crippen molar-refractivity contribution in [3.8, 4) is 17.5 Å². The van der Waals surface area contributed by atoms with Crippen molar-refractivity contribution in [2.45, 2.75) is 0 Å². The van der Waals surface area contributed by atoms with Gasteiger partial charge in [-0.25, -0.2) is 4.98 Å². The van der Waals surface area contributed by atoms with Crippen LogP contribution in [0.1, 0.15) is 0 Å². The largest absolute Gasteiger partial charge is 0.494 e. The highest BCUT2D eigenvalue weighted by Crippen LogP contribution is 2.24. The van der Waals surface area contributed by atoms with Crippen molar-refractivity contribution in [1.82, 2.24) is 9.38 Å². The van der Waals surface area contributed by atoms with Gasteiger partial charge < -0.3 is 9.52 Å². The Balaban J connectivity index is 2.37. The normalized spacial score (nSPS) is 10.9. The highest BCUT2D eigenvalue weighted by Gasteiger charge is 2.10. The summed E-state index contributed by atoms with van der Waals surface area (Å²) < 4.78 is 6.88. The van der Waals surface area contributed by atoms with E-state index in [1.54, 1.807) is 41.1 Å². The van der Waals surface area contributed by atoms with E-state index in [1.165, 1.54) is 0 Å². The van der Waals surface area contributed by atoms with Crippen molar-refractivity contribution in [2.75, 3.05) is 0 Å². The summed E-state index contributed by atoms with van der Waals surface area (Å²) in [5, 5.41) is 9.72. The number of hydrogen-bond donors (Lipinski definition) is 1. The molecule has 3 aromatic rings. The molecule has 74 valence electrons. The maximum absolute atomic E-state index is 9.72. The van der Waals surface area contributed by atoms with Gasteiger partial charge in [0, 0.05) is 0 Å². The summed E-state index contributed by atoms with van der Waals surface area (Å²) in [6, 6.07) is 8.86. The van der Waals surface area contributed by atoms with Crippen LogP contribution in [0, 0.1) is 0 Å². The lowest BCUT2D eigenvalue weighted by Gasteiger charge is -2.00. The Kier molecular flexibility index (Phi) is 1.56. The van der Waals surface area contributed by atoms with Crippen LogP contribution < -0.4 is 0 Å². The minimum Gasteiger partial charge on any atom is -0.494 e. The Bertz CT molecular complexity index is 596. The van der Waals surface area contributed by atoms with Gasteiger partial charge in [0.25, 0.3) is 0 Å². The monoisotopic (exact) mass is 200 g/mol. The van der Waals surface area contributed by atoms with E-state index in [9.17, 15) is 5.11 Å². The van der Waals surface area contributed by atoms with E-state index >= 15 is 0 Å². The fourth-order valence-corrected chi connectivity index (χ4v) is 1.61. The maximum atomic E-state index is 9.72. The van der Waals surface area contributed by atoms with Crippen LogP contribution in [0.3, 0.4) is 0 Å². The SMILES string of the molecule is Oc1cccc2cnc(-c3ccco3)n12. The number of aromatic nitrogens is 2. The summed E-state index contributed by atoms with van der Waals surface area (Å²) >= 11 is 0. The molecular weight excluding hydrogens is 192 g/mol. The fourth-order valence-electron chi connectivity index (χ4n) is 1.61. The quantitative estimate of drug-likeness (QED) is 0.655. The second kappa shape index (κ2) is 2.88. The van der Waals surface area contributed by atoms with Crippen molar-refractivity contribution < 1.29 is 9.52 Å². The second-order valence-electron chi connectivity index (χ2n) is 3.20. The molecule has 0 spiro atoms. The first-order valence-electron chi connectivity index (χ1n) is 4.55. The van der Waals surface area contributed by atoms with Gasteiger partial charge in [-0.15, -0.1) is 0 Å². The van der Waals surface area contributed by atoms with Crippen LogP contribution in [0.25, 0.3) is 17.1 Å². The van der Waals surface area contributed by atoms with E-state index in [1.807, 2.05) is 6.07 Å². The molecule has 0 atom stereocenters. The zero-order chi connectivity index (χ0) is 10.3. The minimum absolute atomic E-state index is 0.149. The van der Waals surface area contributed by atoms with Crippen LogP contribution in [0.2, 0.25) is 0 Å². The van der Waals surface area contributed by atoms with E-state index in [4.69, 9.17) is 4.42 Å². The molecule has 0 aliphatic carbocycles. The number of pyridine rings is 1. The highest BCUT2D eigenvalue weighted by atomic mass is 16.3. The van der Waals surface area contributed by atoms with Crippen molar-refractivity contribution in [1.29, 1.82) is 0 Å². The number of furan rings is 1. The first-order valence-corrected chi connectivity index (χ1v) is 4.55. The zero-order valence-electron chi connectivity index (χ0n) is 7.79. The Morgan fingerprint density at radius 2 is 2.13 bits per heavy atom. The summed E-state index contributed by atoms with van der Waals surface area (Å²) in [4.78, 5) is 4.21. The standard InChI is InChI=1S/C11H8N2O2/c14-10-5-1-3-8-7-12-11(13(8)10)9-4-2-6-15-9/h1-7,14H. The molecule has 0 radical (unpaired) electrons. The summed E-state index contributed by atoms with van der Waals surface area (Å²) in [5.41, 5.74) is 0.835. The van der Waals surface area contributed by atoms with Crippen LogP contribution in [-0.4, -0.2) is 14.5 Å². The van der Waals surface area contributed by atoms with Gasteiger partial charge in [-0.2, -0.15) is 0 Å². The lowest BCUT2D eigenvalue weighted by Crippen LogP contribution is -1.88. The summed E-state index contributed by atoms with van der Waals surface area (Å²) in [6.45, 7) is 0. The Hall–Kier alpha value is -2.23. The number of hydrogen-bond acceptors (Lipinski definition) is 3. The Morgan fingerprint density at radius 1 is 1.20 bits per heavy atom. The van der Waals surface area contributed by atoms with E-state index in [0.717, 1.165) is 5.52 Å². The Morgan fingerprint density at radius 3 is 2.93 bits per heavy atom. The highest BCUT2D eigenvalue weighted by molar-refractivity contribution is 5.59. The molecule has 15 heavy (non-hydrogen) atoms.